The summed E-state index contributed by atoms with van der Waals surface area (Å²) in [5.74, 6) is 5.72. The highest BCUT2D eigenvalue weighted by atomic mass is 35.5. The van der Waals surface area contributed by atoms with Crippen LogP contribution in [-0.4, -0.2) is 28.5 Å². The molecule has 0 unspecified atom stereocenters. The lowest BCUT2D eigenvalue weighted by atomic mass is 9.73. The van der Waals surface area contributed by atoms with Crippen molar-refractivity contribution in [2.24, 2.45) is 16.9 Å². The number of nitrogens with zero attached hydrogens (tertiary/aromatic N) is 3. The standard InChI is InChI=1S/C27H25Cl2N5O2/c1-16-32-23(14-24(36)34(16)21-4-2-3-20(28)25(21)29)33-11-9-27(10-12-33)15-18-7-5-17(6-8-22(30)35)13-19(18)26(27)31/h2-5,7,13-14,26H,9-12,15,31H2,1H3,(H2,30,35)/t26-/m1/s1. The lowest BCUT2D eigenvalue weighted by molar-refractivity contribution is -0.112. The molecule has 2 aliphatic rings. The van der Waals surface area contributed by atoms with Gasteiger partial charge in [-0.15, -0.1) is 0 Å². The first-order valence-electron chi connectivity index (χ1n) is 11.7. The van der Waals surface area contributed by atoms with Crippen molar-refractivity contribution in [1.29, 1.82) is 0 Å². The van der Waals surface area contributed by atoms with Crippen molar-refractivity contribution >= 4 is 34.9 Å². The molecule has 9 heteroatoms. The zero-order chi connectivity index (χ0) is 25.6. The molecule has 1 fully saturated rings. The van der Waals surface area contributed by atoms with Crippen LogP contribution in [0.25, 0.3) is 5.69 Å². The van der Waals surface area contributed by atoms with Crippen LogP contribution in [0.4, 0.5) is 5.82 Å². The van der Waals surface area contributed by atoms with Crippen LogP contribution >= 0.6 is 23.2 Å². The van der Waals surface area contributed by atoms with Crippen LogP contribution in [-0.2, 0) is 11.2 Å². The lowest BCUT2D eigenvalue weighted by Crippen LogP contribution is -2.45. The number of aryl methyl sites for hydroxylation is 1. The summed E-state index contributed by atoms with van der Waals surface area (Å²) in [5, 5.41) is 0.698. The minimum absolute atomic E-state index is 0.0626. The smallest absolute Gasteiger partial charge is 0.293 e. The number of carbonyl (C=O) groups is 1. The number of anilines is 1. The van der Waals surface area contributed by atoms with Crippen LogP contribution in [0, 0.1) is 24.2 Å². The van der Waals surface area contributed by atoms with Crippen molar-refractivity contribution < 1.29 is 4.79 Å². The number of primary amides is 1. The van der Waals surface area contributed by atoms with Gasteiger partial charge in [-0.3, -0.25) is 14.2 Å². The predicted molar refractivity (Wildman–Crippen MR) is 142 cm³/mol. The summed E-state index contributed by atoms with van der Waals surface area (Å²) < 4.78 is 1.48. The van der Waals surface area contributed by atoms with E-state index < -0.39 is 5.91 Å². The molecule has 1 aliphatic carbocycles. The molecular weight excluding hydrogens is 497 g/mol. The molecule has 7 nitrogen and oxygen atoms in total. The largest absolute Gasteiger partial charge is 0.359 e. The third-order valence-corrected chi connectivity index (χ3v) is 8.15. The molecule has 4 N–H and O–H groups in total. The quantitative estimate of drug-likeness (QED) is 0.501. The van der Waals surface area contributed by atoms with Gasteiger partial charge in [0, 0.05) is 30.8 Å². The van der Waals surface area contributed by atoms with E-state index in [1.165, 1.54) is 10.1 Å². The Bertz CT molecular complexity index is 1500. The molecule has 0 radical (unpaired) electrons. The van der Waals surface area contributed by atoms with Gasteiger partial charge >= 0.3 is 0 Å². The topological polar surface area (TPSA) is 107 Å². The SMILES string of the molecule is Cc1nc(N2CCC3(CC2)Cc2ccc(C#CC(N)=O)cc2[C@H]3N)cc(=O)n1-c1cccc(Cl)c1Cl. The van der Waals surface area contributed by atoms with E-state index in [4.69, 9.17) is 39.7 Å². The molecule has 0 bridgehead atoms. The zero-order valence-electron chi connectivity index (χ0n) is 19.7. The Balaban J connectivity index is 1.36. The van der Waals surface area contributed by atoms with Crippen molar-refractivity contribution in [2.75, 3.05) is 18.0 Å². The van der Waals surface area contributed by atoms with Crippen LogP contribution in [0.15, 0.2) is 47.3 Å². The summed E-state index contributed by atoms with van der Waals surface area (Å²) in [5.41, 5.74) is 15.2. The normalized spacial score (nSPS) is 18.0. The van der Waals surface area contributed by atoms with Crippen molar-refractivity contribution in [3.63, 3.8) is 0 Å². The Kier molecular flexibility index (Phi) is 6.29. The summed E-state index contributed by atoms with van der Waals surface area (Å²) in [6.07, 6.45) is 2.63. The Morgan fingerprint density at radius 1 is 1.17 bits per heavy atom. The molecule has 2 aromatic carbocycles. The average molecular weight is 522 g/mol. The number of hydrogen-bond acceptors (Lipinski definition) is 5. The monoisotopic (exact) mass is 521 g/mol. The van der Waals surface area contributed by atoms with E-state index in [9.17, 15) is 9.59 Å². The summed E-state index contributed by atoms with van der Waals surface area (Å²) in [7, 11) is 0. The van der Waals surface area contributed by atoms with Gasteiger partial charge in [-0.05, 0) is 72.9 Å². The third-order valence-electron chi connectivity index (χ3n) is 7.34. The molecular formula is C27H25Cl2N5O2. The number of hydrogen-bond donors (Lipinski definition) is 2. The first kappa shape index (κ1) is 24.4. The molecule has 1 saturated heterocycles. The fourth-order valence-electron chi connectivity index (χ4n) is 5.45. The second kappa shape index (κ2) is 9.29. The van der Waals surface area contributed by atoms with Crippen molar-refractivity contribution in [3.05, 3.63) is 85.4 Å². The minimum atomic E-state index is -0.657. The predicted octanol–water partition coefficient (Wildman–Crippen LogP) is 3.53. The van der Waals surface area contributed by atoms with Gasteiger partial charge in [0.2, 0.25) is 0 Å². The van der Waals surface area contributed by atoms with Gasteiger partial charge < -0.3 is 16.4 Å². The van der Waals surface area contributed by atoms with Gasteiger partial charge in [-0.1, -0.05) is 41.3 Å². The number of nitrogens with two attached hydrogens (primary N) is 2. The van der Waals surface area contributed by atoms with E-state index in [0.29, 0.717) is 27.4 Å². The van der Waals surface area contributed by atoms with Gasteiger partial charge in [0.25, 0.3) is 11.5 Å². The number of carbonyl (C=O) groups excluding carboxylic acids is 1. The van der Waals surface area contributed by atoms with E-state index >= 15 is 0 Å². The maximum Gasteiger partial charge on any atom is 0.293 e. The maximum atomic E-state index is 13.1. The molecule has 1 atom stereocenters. The highest BCUT2D eigenvalue weighted by Gasteiger charge is 2.46. The molecule has 36 heavy (non-hydrogen) atoms. The Morgan fingerprint density at radius 3 is 2.61 bits per heavy atom. The fraction of sp³-hybridized carbons (Fsp3) is 0.296. The van der Waals surface area contributed by atoms with Gasteiger partial charge in [0.05, 0.1) is 15.7 Å². The minimum Gasteiger partial charge on any atom is -0.359 e. The molecule has 3 aromatic rings. The van der Waals surface area contributed by atoms with E-state index in [0.717, 1.165) is 43.5 Å². The van der Waals surface area contributed by atoms with Gasteiger partial charge in [0.15, 0.2) is 0 Å². The lowest BCUT2D eigenvalue weighted by Gasteiger charge is -2.42. The van der Waals surface area contributed by atoms with E-state index in [-0.39, 0.29) is 17.0 Å². The number of fused-ring (bicyclic) bond motifs is 1. The van der Waals surface area contributed by atoms with Crippen LogP contribution in [0.2, 0.25) is 10.0 Å². The average Bonchev–Trinajstić information content (AvgIpc) is 3.11. The van der Waals surface area contributed by atoms with E-state index in [1.807, 2.05) is 18.2 Å². The number of piperidine rings is 1. The molecule has 1 amide bonds. The van der Waals surface area contributed by atoms with Gasteiger partial charge in [-0.2, -0.15) is 0 Å². The highest BCUT2D eigenvalue weighted by Crippen LogP contribution is 2.51. The molecule has 0 saturated carbocycles. The second-order valence-electron chi connectivity index (χ2n) is 9.44. The fourth-order valence-corrected chi connectivity index (χ4v) is 5.83. The molecule has 184 valence electrons. The molecule has 2 heterocycles. The van der Waals surface area contributed by atoms with Crippen LogP contribution in [0.5, 0.6) is 0 Å². The van der Waals surface area contributed by atoms with Crippen LogP contribution in [0.1, 0.15) is 41.4 Å². The van der Waals surface area contributed by atoms with Gasteiger partial charge in [-0.25, -0.2) is 4.98 Å². The van der Waals surface area contributed by atoms with Crippen molar-refractivity contribution in [3.8, 4) is 17.5 Å². The van der Waals surface area contributed by atoms with Gasteiger partial charge in [0.1, 0.15) is 11.6 Å². The number of rotatable bonds is 2. The summed E-state index contributed by atoms with van der Waals surface area (Å²) in [4.78, 5) is 31.0. The number of halogens is 2. The van der Waals surface area contributed by atoms with Crippen molar-refractivity contribution in [2.45, 2.75) is 32.2 Å². The summed E-state index contributed by atoms with van der Waals surface area (Å²) in [6.45, 7) is 3.27. The van der Waals surface area contributed by atoms with E-state index in [2.05, 4.69) is 16.7 Å². The number of amides is 1. The zero-order valence-corrected chi connectivity index (χ0v) is 21.2. The molecule has 1 aliphatic heterocycles. The Labute approximate surface area is 219 Å². The number of aromatic nitrogens is 2. The highest BCUT2D eigenvalue weighted by molar-refractivity contribution is 6.43. The molecule has 1 spiro atoms. The van der Waals surface area contributed by atoms with Crippen molar-refractivity contribution in [1.82, 2.24) is 9.55 Å². The van der Waals surface area contributed by atoms with Crippen LogP contribution in [0.3, 0.4) is 0 Å². The van der Waals surface area contributed by atoms with E-state index in [1.54, 1.807) is 31.2 Å². The summed E-state index contributed by atoms with van der Waals surface area (Å²) in [6, 6.07) is 12.5. The molecule has 5 rings (SSSR count). The first-order chi connectivity index (χ1) is 17.2. The second-order valence-corrected chi connectivity index (χ2v) is 10.2. The Morgan fingerprint density at radius 2 is 1.92 bits per heavy atom. The molecule has 1 aromatic heterocycles. The number of benzene rings is 2. The first-order valence-corrected chi connectivity index (χ1v) is 12.4. The maximum absolute atomic E-state index is 13.1. The van der Waals surface area contributed by atoms with Crippen LogP contribution < -0.4 is 21.9 Å². The third kappa shape index (κ3) is 4.26. The Hall–Kier alpha value is -3.31. The summed E-state index contributed by atoms with van der Waals surface area (Å²) >= 11 is 12.5.